The highest BCUT2D eigenvalue weighted by Gasteiger charge is 2.27. The lowest BCUT2D eigenvalue weighted by Crippen LogP contribution is -2.37. The number of aliphatic hydroxyl groups is 2. The smallest absolute Gasteiger partial charge is 0.0802 e. The van der Waals surface area contributed by atoms with Gasteiger partial charge in [-0.05, 0) is 49.9 Å². The summed E-state index contributed by atoms with van der Waals surface area (Å²) in [5, 5.41) is 20.0. The predicted molar refractivity (Wildman–Crippen MR) is 77.3 cm³/mol. The van der Waals surface area contributed by atoms with Crippen molar-refractivity contribution in [2.45, 2.75) is 31.5 Å². The van der Waals surface area contributed by atoms with Crippen LogP contribution in [0.15, 0.2) is 24.3 Å². The molecule has 2 rings (SSSR count). The van der Waals surface area contributed by atoms with E-state index in [4.69, 9.17) is 11.6 Å². The van der Waals surface area contributed by atoms with Gasteiger partial charge in [-0.3, -0.25) is 0 Å². The Morgan fingerprint density at radius 3 is 2.53 bits per heavy atom. The van der Waals surface area contributed by atoms with Crippen LogP contribution in [0.5, 0.6) is 0 Å². The van der Waals surface area contributed by atoms with Crippen LogP contribution in [0.25, 0.3) is 0 Å². The molecule has 1 saturated carbocycles. The van der Waals surface area contributed by atoms with Gasteiger partial charge in [-0.15, -0.1) is 0 Å². The fourth-order valence-electron chi connectivity index (χ4n) is 2.58. The molecule has 1 atom stereocenters. The highest BCUT2D eigenvalue weighted by Crippen LogP contribution is 2.28. The molecule has 1 aliphatic rings. The first-order valence-electron chi connectivity index (χ1n) is 6.84. The topological polar surface area (TPSA) is 43.7 Å². The molecule has 0 aliphatic heterocycles. The maximum absolute atomic E-state index is 10.1. The molecular formula is C15H22ClNO2. The van der Waals surface area contributed by atoms with E-state index in [-0.39, 0.29) is 6.10 Å². The monoisotopic (exact) mass is 283 g/mol. The van der Waals surface area contributed by atoms with Crippen molar-refractivity contribution in [2.24, 2.45) is 5.92 Å². The van der Waals surface area contributed by atoms with Crippen molar-refractivity contribution < 1.29 is 10.2 Å². The molecule has 0 spiro atoms. The zero-order valence-electron chi connectivity index (χ0n) is 11.3. The van der Waals surface area contributed by atoms with Gasteiger partial charge in [-0.1, -0.05) is 23.7 Å². The summed E-state index contributed by atoms with van der Waals surface area (Å²) < 4.78 is 0. The average molecular weight is 284 g/mol. The first-order chi connectivity index (χ1) is 9.04. The SMILES string of the molecule is CN(CCC(O)c1ccc(Cl)cc1)CC1CC(O)C1. The van der Waals surface area contributed by atoms with Gasteiger partial charge in [0.15, 0.2) is 0 Å². The molecular weight excluding hydrogens is 262 g/mol. The average Bonchev–Trinajstić information content (AvgIpc) is 2.35. The number of aliphatic hydroxyl groups excluding tert-OH is 2. The third kappa shape index (κ3) is 4.46. The van der Waals surface area contributed by atoms with Crippen molar-refractivity contribution >= 4 is 11.6 Å². The molecule has 106 valence electrons. The van der Waals surface area contributed by atoms with E-state index in [0.717, 1.165) is 31.5 Å². The molecule has 0 amide bonds. The molecule has 1 aromatic rings. The van der Waals surface area contributed by atoms with Crippen molar-refractivity contribution in [1.29, 1.82) is 0 Å². The molecule has 0 bridgehead atoms. The third-order valence-electron chi connectivity index (χ3n) is 3.82. The molecule has 1 aliphatic carbocycles. The predicted octanol–water partition coefficient (Wildman–Crippen LogP) is 2.47. The van der Waals surface area contributed by atoms with Gasteiger partial charge in [-0.2, -0.15) is 0 Å². The van der Waals surface area contributed by atoms with Gasteiger partial charge >= 0.3 is 0 Å². The Bertz CT molecular complexity index is 390. The van der Waals surface area contributed by atoms with Crippen molar-refractivity contribution in [3.8, 4) is 0 Å². The van der Waals surface area contributed by atoms with Crippen LogP contribution in [-0.2, 0) is 0 Å². The van der Waals surface area contributed by atoms with E-state index in [0.29, 0.717) is 17.4 Å². The van der Waals surface area contributed by atoms with Crippen molar-refractivity contribution in [3.63, 3.8) is 0 Å². The Hall–Kier alpha value is -0.610. The second-order valence-electron chi connectivity index (χ2n) is 5.61. The van der Waals surface area contributed by atoms with E-state index in [1.54, 1.807) is 12.1 Å². The fraction of sp³-hybridized carbons (Fsp3) is 0.600. The number of halogens is 1. The van der Waals surface area contributed by atoms with Crippen LogP contribution in [0, 0.1) is 5.92 Å². The van der Waals surface area contributed by atoms with Crippen LogP contribution in [0.3, 0.4) is 0 Å². The van der Waals surface area contributed by atoms with E-state index in [9.17, 15) is 10.2 Å². The fourth-order valence-corrected chi connectivity index (χ4v) is 2.70. The second kappa shape index (κ2) is 6.71. The molecule has 0 radical (unpaired) electrons. The maximum Gasteiger partial charge on any atom is 0.0802 e. The highest BCUT2D eigenvalue weighted by molar-refractivity contribution is 6.30. The minimum Gasteiger partial charge on any atom is -0.393 e. The number of hydrogen-bond acceptors (Lipinski definition) is 3. The largest absolute Gasteiger partial charge is 0.393 e. The van der Waals surface area contributed by atoms with Crippen LogP contribution in [0.4, 0.5) is 0 Å². The molecule has 1 aromatic carbocycles. The molecule has 1 unspecified atom stereocenters. The first kappa shape index (κ1) is 14.8. The molecule has 19 heavy (non-hydrogen) atoms. The summed E-state index contributed by atoms with van der Waals surface area (Å²) >= 11 is 5.83. The number of hydrogen-bond donors (Lipinski definition) is 2. The van der Waals surface area contributed by atoms with E-state index in [1.807, 2.05) is 12.1 Å². The highest BCUT2D eigenvalue weighted by atomic mass is 35.5. The lowest BCUT2D eigenvalue weighted by molar-refractivity contribution is 0.0262. The minimum atomic E-state index is -0.438. The molecule has 2 N–H and O–H groups in total. The lowest BCUT2D eigenvalue weighted by atomic mass is 9.82. The summed E-state index contributed by atoms with van der Waals surface area (Å²) in [6.07, 6.45) is 2.03. The van der Waals surface area contributed by atoms with Crippen LogP contribution < -0.4 is 0 Å². The third-order valence-corrected chi connectivity index (χ3v) is 4.07. The van der Waals surface area contributed by atoms with Crippen LogP contribution in [0.1, 0.15) is 30.9 Å². The lowest BCUT2D eigenvalue weighted by Gasteiger charge is -2.34. The zero-order chi connectivity index (χ0) is 13.8. The van der Waals surface area contributed by atoms with E-state index in [1.165, 1.54) is 0 Å². The quantitative estimate of drug-likeness (QED) is 0.843. The summed E-state index contributed by atoms with van der Waals surface area (Å²) in [5.41, 5.74) is 0.914. The second-order valence-corrected chi connectivity index (χ2v) is 6.05. The Kier molecular flexibility index (Phi) is 5.22. The summed E-state index contributed by atoms with van der Waals surface area (Å²) in [4.78, 5) is 2.23. The van der Waals surface area contributed by atoms with Gasteiger partial charge in [0.2, 0.25) is 0 Å². The first-order valence-corrected chi connectivity index (χ1v) is 7.22. The molecule has 3 nitrogen and oxygen atoms in total. The normalized spacial score (nSPS) is 24.3. The summed E-state index contributed by atoms with van der Waals surface area (Å²) in [6, 6.07) is 7.35. The molecule has 0 saturated heterocycles. The number of nitrogens with zero attached hydrogens (tertiary/aromatic N) is 1. The molecule has 1 fully saturated rings. The zero-order valence-corrected chi connectivity index (χ0v) is 12.1. The van der Waals surface area contributed by atoms with E-state index < -0.39 is 6.10 Å². The van der Waals surface area contributed by atoms with Gasteiger partial charge < -0.3 is 15.1 Å². The van der Waals surface area contributed by atoms with Gasteiger partial charge in [-0.25, -0.2) is 0 Å². The van der Waals surface area contributed by atoms with Gasteiger partial charge in [0.05, 0.1) is 12.2 Å². The van der Waals surface area contributed by atoms with Crippen molar-refractivity contribution in [3.05, 3.63) is 34.9 Å². The minimum absolute atomic E-state index is 0.0851. The Balaban J connectivity index is 1.70. The van der Waals surface area contributed by atoms with Crippen molar-refractivity contribution in [2.75, 3.05) is 20.1 Å². The molecule has 4 heteroatoms. The van der Waals surface area contributed by atoms with Gasteiger partial charge in [0, 0.05) is 18.1 Å². The molecule has 0 aromatic heterocycles. The molecule has 0 heterocycles. The number of rotatable bonds is 6. The standard InChI is InChI=1S/C15H22ClNO2/c1-17(10-11-8-14(18)9-11)7-6-15(19)12-2-4-13(16)5-3-12/h2-5,11,14-15,18-19H,6-10H2,1H3. The summed E-state index contributed by atoms with van der Waals surface area (Å²) in [5.74, 6) is 0.618. The summed E-state index contributed by atoms with van der Waals surface area (Å²) in [6.45, 7) is 1.86. The van der Waals surface area contributed by atoms with E-state index >= 15 is 0 Å². The van der Waals surface area contributed by atoms with Crippen LogP contribution in [0.2, 0.25) is 5.02 Å². The Morgan fingerprint density at radius 1 is 1.32 bits per heavy atom. The number of benzene rings is 1. The van der Waals surface area contributed by atoms with Gasteiger partial charge in [0.25, 0.3) is 0 Å². The van der Waals surface area contributed by atoms with Gasteiger partial charge in [0.1, 0.15) is 0 Å². The van der Waals surface area contributed by atoms with Crippen LogP contribution in [-0.4, -0.2) is 41.4 Å². The Labute approximate surface area is 119 Å². The maximum atomic E-state index is 10.1. The van der Waals surface area contributed by atoms with E-state index in [2.05, 4.69) is 11.9 Å². The van der Waals surface area contributed by atoms with Crippen LogP contribution >= 0.6 is 11.6 Å². The summed E-state index contributed by atoms with van der Waals surface area (Å²) in [7, 11) is 2.07. The van der Waals surface area contributed by atoms with Crippen molar-refractivity contribution in [1.82, 2.24) is 4.90 Å². The Morgan fingerprint density at radius 2 is 1.95 bits per heavy atom.